The van der Waals surface area contributed by atoms with Crippen molar-refractivity contribution in [2.24, 2.45) is 0 Å². The van der Waals surface area contributed by atoms with Crippen LogP contribution in [0.4, 0.5) is 0 Å². The fourth-order valence-corrected chi connectivity index (χ4v) is 2.90. The van der Waals surface area contributed by atoms with E-state index in [0.29, 0.717) is 5.76 Å². The second-order valence-corrected chi connectivity index (χ2v) is 6.59. The van der Waals surface area contributed by atoms with E-state index in [0.717, 1.165) is 29.1 Å². The number of nitrogens with zero attached hydrogens (tertiary/aromatic N) is 2. The zero-order valence-electron chi connectivity index (χ0n) is 16.2. The molecule has 27 heavy (non-hydrogen) atoms. The van der Waals surface area contributed by atoms with Crippen LogP contribution in [0.15, 0.2) is 47.0 Å². The topological polar surface area (TPSA) is 69.3 Å². The van der Waals surface area contributed by atoms with Crippen molar-refractivity contribution in [2.75, 3.05) is 0 Å². The molecule has 0 aliphatic heterocycles. The molecule has 0 saturated carbocycles. The zero-order valence-corrected chi connectivity index (χ0v) is 16.2. The first-order chi connectivity index (χ1) is 13.0. The smallest absolute Gasteiger partial charge is 0.287 e. The van der Waals surface area contributed by atoms with Gasteiger partial charge in [0.15, 0.2) is 5.76 Å². The van der Waals surface area contributed by atoms with Crippen molar-refractivity contribution in [2.45, 2.75) is 46.9 Å². The maximum atomic E-state index is 12.5. The van der Waals surface area contributed by atoms with Gasteiger partial charge in [0.1, 0.15) is 18.1 Å². The van der Waals surface area contributed by atoms with Crippen LogP contribution in [0.3, 0.4) is 0 Å². The summed E-state index contributed by atoms with van der Waals surface area (Å²) in [5, 5.41) is 7.38. The van der Waals surface area contributed by atoms with Crippen LogP contribution in [0.5, 0.6) is 5.75 Å². The van der Waals surface area contributed by atoms with Crippen LogP contribution in [-0.4, -0.2) is 15.7 Å². The maximum absolute atomic E-state index is 12.5. The van der Waals surface area contributed by atoms with Gasteiger partial charge in [0.25, 0.3) is 5.91 Å². The Bertz CT molecular complexity index is 926. The van der Waals surface area contributed by atoms with E-state index in [9.17, 15) is 4.79 Å². The normalized spacial score (nSPS) is 12.0. The average Bonchev–Trinajstić information content (AvgIpc) is 3.26. The molecule has 2 heterocycles. The molecular weight excluding hydrogens is 342 g/mol. The molecule has 0 bridgehead atoms. The van der Waals surface area contributed by atoms with Crippen molar-refractivity contribution in [3.8, 4) is 5.75 Å². The molecule has 0 fully saturated rings. The molecule has 3 aromatic rings. The van der Waals surface area contributed by atoms with Gasteiger partial charge in [-0.2, -0.15) is 5.10 Å². The summed E-state index contributed by atoms with van der Waals surface area (Å²) >= 11 is 0. The van der Waals surface area contributed by atoms with Gasteiger partial charge in [0.2, 0.25) is 0 Å². The molecule has 1 N–H and O–H groups in total. The highest BCUT2D eigenvalue weighted by Gasteiger charge is 2.18. The molecule has 6 heteroatoms. The molecule has 1 unspecified atom stereocenters. The molecule has 3 rings (SSSR count). The van der Waals surface area contributed by atoms with Crippen molar-refractivity contribution in [3.05, 3.63) is 70.9 Å². The number of furan rings is 1. The maximum Gasteiger partial charge on any atom is 0.287 e. The summed E-state index contributed by atoms with van der Waals surface area (Å²) in [5.41, 5.74) is 3.04. The van der Waals surface area contributed by atoms with Crippen LogP contribution in [0.25, 0.3) is 0 Å². The van der Waals surface area contributed by atoms with Crippen molar-refractivity contribution in [1.29, 1.82) is 0 Å². The summed E-state index contributed by atoms with van der Waals surface area (Å²) in [7, 11) is 0. The van der Waals surface area contributed by atoms with Crippen LogP contribution < -0.4 is 10.1 Å². The number of hydrogen-bond acceptors (Lipinski definition) is 4. The number of ether oxygens (including phenoxy) is 1. The first kappa shape index (κ1) is 18.8. The van der Waals surface area contributed by atoms with Gasteiger partial charge in [-0.15, -0.1) is 0 Å². The van der Waals surface area contributed by atoms with Crippen molar-refractivity contribution < 1.29 is 13.9 Å². The Balaban J connectivity index is 1.60. The number of carbonyl (C=O) groups is 1. The van der Waals surface area contributed by atoms with E-state index in [1.807, 2.05) is 62.8 Å². The van der Waals surface area contributed by atoms with Gasteiger partial charge in [-0.3, -0.25) is 9.48 Å². The lowest BCUT2D eigenvalue weighted by atomic mass is 10.1. The predicted molar refractivity (Wildman–Crippen MR) is 103 cm³/mol. The fourth-order valence-electron chi connectivity index (χ4n) is 2.90. The Morgan fingerprint density at radius 2 is 2.11 bits per heavy atom. The first-order valence-corrected chi connectivity index (χ1v) is 9.09. The molecule has 1 amide bonds. The van der Waals surface area contributed by atoms with E-state index >= 15 is 0 Å². The van der Waals surface area contributed by atoms with Gasteiger partial charge in [0.05, 0.1) is 11.7 Å². The van der Waals surface area contributed by atoms with Gasteiger partial charge in [-0.05, 0) is 57.5 Å². The number of benzene rings is 1. The fraction of sp³-hybridized carbons (Fsp3) is 0.333. The highest BCUT2D eigenvalue weighted by atomic mass is 16.5. The van der Waals surface area contributed by atoms with E-state index in [4.69, 9.17) is 9.15 Å². The number of aryl methyl sites for hydroxylation is 3. The molecule has 0 aliphatic rings. The third-order valence-corrected chi connectivity index (χ3v) is 4.38. The van der Waals surface area contributed by atoms with E-state index in [2.05, 4.69) is 10.4 Å². The third-order valence-electron chi connectivity index (χ3n) is 4.38. The van der Waals surface area contributed by atoms with Crippen molar-refractivity contribution >= 4 is 5.91 Å². The standard InChI is InChI=1S/C21H25N3O3/c1-5-24-12-19(16(4)23-24)15(3)22-21(25)20-10-9-18(27-20)13-26-17-8-6-7-14(2)11-17/h6-12,15H,5,13H2,1-4H3,(H,22,25). The van der Waals surface area contributed by atoms with Gasteiger partial charge >= 0.3 is 0 Å². The Morgan fingerprint density at radius 3 is 2.81 bits per heavy atom. The predicted octanol–water partition coefficient (Wildman–Crippen LogP) is 4.18. The van der Waals surface area contributed by atoms with Crippen LogP contribution in [0.1, 0.15) is 53.0 Å². The van der Waals surface area contributed by atoms with Crippen LogP contribution in [0, 0.1) is 13.8 Å². The van der Waals surface area contributed by atoms with Crippen molar-refractivity contribution in [1.82, 2.24) is 15.1 Å². The quantitative estimate of drug-likeness (QED) is 0.680. The Labute approximate surface area is 159 Å². The lowest BCUT2D eigenvalue weighted by molar-refractivity contribution is 0.0907. The summed E-state index contributed by atoms with van der Waals surface area (Å²) in [6, 6.07) is 11.1. The number of nitrogens with one attached hydrogen (secondary N) is 1. The SMILES string of the molecule is CCn1cc(C(C)NC(=O)c2ccc(COc3cccc(C)c3)o2)c(C)n1. The van der Waals surface area contributed by atoms with Gasteiger partial charge in [-0.25, -0.2) is 0 Å². The molecule has 1 atom stereocenters. The minimum atomic E-state index is -0.257. The van der Waals surface area contributed by atoms with Crippen LogP contribution in [0.2, 0.25) is 0 Å². The molecule has 2 aromatic heterocycles. The monoisotopic (exact) mass is 367 g/mol. The number of aromatic nitrogens is 2. The van der Waals surface area contributed by atoms with Gasteiger partial charge in [-0.1, -0.05) is 12.1 Å². The summed E-state index contributed by atoms with van der Waals surface area (Å²) in [5.74, 6) is 1.39. The van der Waals surface area contributed by atoms with Crippen molar-refractivity contribution in [3.63, 3.8) is 0 Å². The summed E-state index contributed by atoms with van der Waals surface area (Å²) in [4.78, 5) is 12.5. The molecule has 0 radical (unpaired) electrons. The number of rotatable bonds is 7. The zero-order chi connectivity index (χ0) is 19.4. The Kier molecular flexibility index (Phi) is 5.64. The van der Waals surface area contributed by atoms with Gasteiger partial charge < -0.3 is 14.5 Å². The lowest BCUT2D eigenvalue weighted by Crippen LogP contribution is -2.26. The first-order valence-electron chi connectivity index (χ1n) is 9.09. The number of hydrogen-bond donors (Lipinski definition) is 1. The van der Waals surface area contributed by atoms with Crippen LogP contribution in [-0.2, 0) is 13.2 Å². The highest BCUT2D eigenvalue weighted by molar-refractivity contribution is 5.91. The number of amides is 1. The minimum Gasteiger partial charge on any atom is -0.486 e. The Hall–Kier alpha value is -3.02. The second-order valence-electron chi connectivity index (χ2n) is 6.59. The number of carbonyl (C=O) groups excluding carboxylic acids is 1. The van der Waals surface area contributed by atoms with E-state index < -0.39 is 0 Å². The Morgan fingerprint density at radius 1 is 1.30 bits per heavy atom. The minimum absolute atomic E-state index is 0.158. The summed E-state index contributed by atoms with van der Waals surface area (Å²) in [6.45, 7) is 8.99. The molecule has 6 nitrogen and oxygen atoms in total. The second kappa shape index (κ2) is 8.12. The molecule has 0 aliphatic carbocycles. The lowest BCUT2D eigenvalue weighted by Gasteiger charge is -2.12. The molecule has 0 saturated heterocycles. The molecule has 1 aromatic carbocycles. The van der Waals surface area contributed by atoms with Gasteiger partial charge in [0, 0.05) is 18.3 Å². The summed E-state index contributed by atoms with van der Waals surface area (Å²) in [6.07, 6.45) is 1.96. The largest absolute Gasteiger partial charge is 0.486 e. The van der Waals surface area contributed by atoms with E-state index in [1.54, 1.807) is 12.1 Å². The van der Waals surface area contributed by atoms with E-state index in [1.165, 1.54) is 0 Å². The molecule has 142 valence electrons. The highest BCUT2D eigenvalue weighted by Crippen LogP contribution is 2.19. The molecular formula is C21H25N3O3. The van der Waals surface area contributed by atoms with Crippen LogP contribution >= 0.6 is 0 Å². The molecule has 0 spiro atoms. The van der Waals surface area contributed by atoms with E-state index in [-0.39, 0.29) is 24.3 Å². The summed E-state index contributed by atoms with van der Waals surface area (Å²) < 4.78 is 13.2. The average molecular weight is 367 g/mol. The third kappa shape index (κ3) is 4.58.